The van der Waals surface area contributed by atoms with Gasteiger partial charge in [-0.05, 0) is 25.0 Å². The van der Waals surface area contributed by atoms with Crippen molar-refractivity contribution >= 4 is 5.91 Å². The zero-order valence-electron chi connectivity index (χ0n) is 8.63. The minimum atomic E-state index is -0.276. The lowest BCUT2D eigenvalue weighted by molar-refractivity contribution is -0.133. The Bertz CT molecular complexity index is 328. The maximum absolute atomic E-state index is 13.1. The standard InChI is InChI=1S/C11H14FNO2/c1-2-15-13-11(14)8-7-9-5-3-4-6-10(9)12/h3-6H,2,7-8H2,1H3,(H,13,14). The molecule has 0 fully saturated rings. The van der Waals surface area contributed by atoms with Crippen LogP contribution in [-0.2, 0) is 16.1 Å². The normalized spacial score (nSPS) is 10.0. The Morgan fingerprint density at radius 3 is 2.87 bits per heavy atom. The molecule has 82 valence electrons. The van der Waals surface area contributed by atoms with Crippen LogP contribution in [0.4, 0.5) is 4.39 Å². The van der Waals surface area contributed by atoms with Crippen LogP contribution < -0.4 is 5.48 Å². The molecule has 3 nitrogen and oxygen atoms in total. The summed E-state index contributed by atoms with van der Waals surface area (Å²) in [5, 5.41) is 0. The molecule has 1 aromatic carbocycles. The van der Waals surface area contributed by atoms with Crippen LogP contribution in [0.15, 0.2) is 24.3 Å². The Morgan fingerprint density at radius 2 is 2.20 bits per heavy atom. The molecular formula is C11H14FNO2. The second-order valence-corrected chi connectivity index (χ2v) is 3.05. The molecule has 0 aromatic heterocycles. The number of hydrogen-bond donors (Lipinski definition) is 1. The SMILES string of the molecule is CCONC(=O)CCc1ccccc1F. The Balaban J connectivity index is 2.37. The Kier molecular flexibility index (Phi) is 4.77. The highest BCUT2D eigenvalue weighted by molar-refractivity contribution is 5.75. The van der Waals surface area contributed by atoms with Crippen molar-refractivity contribution in [2.45, 2.75) is 19.8 Å². The summed E-state index contributed by atoms with van der Waals surface area (Å²) < 4.78 is 13.1. The van der Waals surface area contributed by atoms with Crippen LogP contribution in [-0.4, -0.2) is 12.5 Å². The Hall–Kier alpha value is -1.42. The maximum Gasteiger partial charge on any atom is 0.243 e. The van der Waals surface area contributed by atoms with E-state index in [1.165, 1.54) is 6.07 Å². The van der Waals surface area contributed by atoms with Crippen molar-refractivity contribution in [3.05, 3.63) is 35.6 Å². The molecule has 0 saturated heterocycles. The number of carbonyl (C=O) groups excluding carboxylic acids is 1. The van der Waals surface area contributed by atoms with Crippen LogP contribution in [0, 0.1) is 5.82 Å². The summed E-state index contributed by atoms with van der Waals surface area (Å²) in [6, 6.07) is 6.43. The molecule has 0 aliphatic carbocycles. The summed E-state index contributed by atoms with van der Waals surface area (Å²) in [5.41, 5.74) is 2.81. The van der Waals surface area contributed by atoms with Gasteiger partial charge in [-0.2, -0.15) is 0 Å². The molecule has 0 heterocycles. The topological polar surface area (TPSA) is 38.3 Å². The van der Waals surface area contributed by atoms with Gasteiger partial charge in [-0.1, -0.05) is 18.2 Å². The van der Waals surface area contributed by atoms with E-state index >= 15 is 0 Å². The number of rotatable bonds is 5. The zero-order chi connectivity index (χ0) is 11.1. The van der Waals surface area contributed by atoms with E-state index in [2.05, 4.69) is 5.48 Å². The third-order valence-corrected chi connectivity index (χ3v) is 1.91. The van der Waals surface area contributed by atoms with Crippen LogP contribution >= 0.6 is 0 Å². The van der Waals surface area contributed by atoms with Crippen molar-refractivity contribution in [3.8, 4) is 0 Å². The lowest BCUT2D eigenvalue weighted by Crippen LogP contribution is -2.23. The number of amides is 1. The predicted molar refractivity (Wildman–Crippen MR) is 54.5 cm³/mol. The summed E-state index contributed by atoms with van der Waals surface area (Å²) in [7, 11) is 0. The fourth-order valence-electron chi connectivity index (χ4n) is 1.15. The van der Waals surface area contributed by atoms with Crippen LogP contribution in [0.5, 0.6) is 0 Å². The third kappa shape index (κ3) is 4.08. The molecule has 1 rings (SSSR count). The maximum atomic E-state index is 13.1. The summed E-state index contributed by atoms with van der Waals surface area (Å²) in [4.78, 5) is 15.8. The van der Waals surface area contributed by atoms with E-state index in [-0.39, 0.29) is 18.1 Å². The van der Waals surface area contributed by atoms with Crippen molar-refractivity contribution < 1.29 is 14.0 Å². The number of nitrogens with one attached hydrogen (secondary N) is 1. The van der Waals surface area contributed by atoms with E-state index in [4.69, 9.17) is 4.84 Å². The van der Waals surface area contributed by atoms with Gasteiger partial charge in [0.2, 0.25) is 5.91 Å². The van der Waals surface area contributed by atoms with Crippen LogP contribution in [0.2, 0.25) is 0 Å². The van der Waals surface area contributed by atoms with Crippen LogP contribution in [0.25, 0.3) is 0 Å². The quantitative estimate of drug-likeness (QED) is 0.754. The minimum Gasteiger partial charge on any atom is -0.274 e. The Morgan fingerprint density at radius 1 is 1.47 bits per heavy atom. The first-order valence-electron chi connectivity index (χ1n) is 4.88. The van der Waals surface area contributed by atoms with Crippen LogP contribution in [0.1, 0.15) is 18.9 Å². The summed E-state index contributed by atoms with van der Waals surface area (Å²) in [6.45, 7) is 2.20. The van der Waals surface area contributed by atoms with Gasteiger partial charge in [0, 0.05) is 6.42 Å². The summed E-state index contributed by atoms with van der Waals surface area (Å²) in [6.07, 6.45) is 0.604. The number of benzene rings is 1. The first-order chi connectivity index (χ1) is 7.24. The number of hydrogen-bond acceptors (Lipinski definition) is 2. The molecule has 15 heavy (non-hydrogen) atoms. The van der Waals surface area contributed by atoms with Crippen molar-refractivity contribution in [2.24, 2.45) is 0 Å². The Labute approximate surface area is 88.2 Å². The molecule has 1 N–H and O–H groups in total. The summed E-state index contributed by atoms with van der Waals surface area (Å²) >= 11 is 0. The molecule has 0 unspecified atom stereocenters. The van der Waals surface area contributed by atoms with Gasteiger partial charge >= 0.3 is 0 Å². The molecule has 0 radical (unpaired) electrons. The van der Waals surface area contributed by atoms with E-state index < -0.39 is 0 Å². The largest absolute Gasteiger partial charge is 0.274 e. The van der Waals surface area contributed by atoms with Gasteiger partial charge in [-0.25, -0.2) is 9.87 Å². The first kappa shape index (κ1) is 11.7. The van der Waals surface area contributed by atoms with E-state index in [1.54, 1.807) is 25.1 Å². The highest BCUT2D eigenvalue weighted by atomic mass is 19.1. The molecule has 0 atom stereocenters. The van der Waals surface area contributed by atoms with Gasteiger partial charge in [-0.3, -0.25) is 9.63 Å². The fraction of sp³-hybridized carbons (Fsp3) is 0.364. The molecule has 1 amide bonds. The van der Waals surface area contributed by atoms with E-state index in [0.717, 1.165) is 0 Å². The van der Waals surface area contributed by atoms with Gasteiger partial charge in [0.25, 0.3) is 0 Å². The van der Waals surface area contributed by atoms with Gasteiger partial charge in [-0.15, -0.1) is 0 Å². The molecule has 0 bridgehead atoms. The summed E-state index contributed by atoms with van der Waals surface area (Å²) in [5.74, 6) is -0.512. The van der Waals surface area contributed by atoms with Crippen LogP contribution in [0.3, 0.4) is 0 Å². The molecule has 0 aliphatic heterocycles. The average molecular weight is 211 g/mol. The van der Waals surface area contributed by atoms with Gasteiger partial charge in [0.05, 0.1) is 6.61 Å². The third-order valence-electron chi connectivity index (χ3n) is 1.91. The van der Waals surface area contributed by atoms with E-state index in [1.807, 2.05) is 0 Å². The molecule has 0 spiro atoms. The molecule has 0 aliphatic rings. The lowest BCUT2D eigenvalue weighted by Gasteiger charge is -2.04. The lowest BCUT2D eigenvalue weighted by atomic mass is 10.1. The fourth-order valence-corrected chi connectivity index (χ4v) is 1.15. The molecule has 0 saturated carbocycles. The second-order valence-electron chi connectivity index (χ2n) is 3.05. The number of halogens is 1. The second kappa shape index (κ2) is 6.14. The van der Waals surface area contributed by atoms with Gasteiger partial charge in [0.1, 0.15) is 5.82 Å². The smallest absolute Gasteiger partial charge is 0.243 e. The molecule has 1 aromatic rings. The number of carbonyl (C=O) groups is 1. The minimum absolute atomic E-state index is 0.223. The van der Waals surface area contributed by atoms with Gasteiger partial charge < -0.3 is 0 Å². The van der Waals surface area contributed by atoms with Crippen molar-refractivity contribution in [1.29, 1.82) is 0 Å². The molecule has 4 heteroatoms. The highest BCUT2D eigenvalue weighted by Gasteiger charge is 2.04. The number of hydroxylamine groups is 1. The van der Waals surface area contributed by atoms with E-state index in [0.29, 0.717) is 18.6 Å². The van der Waals surface area contributed by atoms with Crippen molar-refractivity contribution in [2.75, 3.05) is 6.61 Å². The predicted octanol–water partition coefficient (Wildman–Crippen LogP) is 1.83. The zero-order valence-corrected chi connectivity index (χ0v) is 8.63. The van der Waals surface area contributed by atoms with E-state index in [9.17, 15) is 9.18 Å². The van der Waals surface area contributed by atoms with Crippen molar-refractivity contribution in [1.82, 2.24) is 5.48 Å². The average Bonchev–Trinajstić information content (AvgIpc) is 2.25. The van der Waals surface area contributed by atoms with Crippen molar-refractivity contribution in [3.63, 3.8) is 0 Å². The number of aryl methyl sites for hydroxylation is 1. The first-order valence-corrected chi connectivity index (χ1v) is 4.88. The monoisotopic (exact) mass is 211 g/mol. The van der Waals surface area contributed by atoms with Gasteiger partial charge in [0.15, 0.2) is 0 Å². The highest BCUT2D eigenvalue weighted by Crippen LogP contribution is 2.08. The molecular weight excluding hydrogens is 197 g/mol.